The molecule has 1 aromatic rings. The van der Waals surface area contributed by atoms with Gasteiger partial charge in [0.25, 0.3) is 5.91 Å². The van der Waals surface area contributed by atoms with E-state index >= 15 is 0 Å². The van der Waals surface area contributed by atoms with Crippen molar-refractivity contribution in [1.29, 1.82) is 0 Å². The minimum absolute atomic E-state index is 0. The van der Waals surface area contributed by atoms with Crippen LogP contribution in [0.4, 0.5) is 5.00 Å². The molecule has 1 amide bonds. The highest BCUT2D eigenvalue weighted by Gasteiger charge is 2.42. The molecule has 1 aliphatic carbocycles. The summed E-state index contributed by atoms with van der Waals surface area (Å²) in [5, 5.41) is 10.6. The molecule has 1 saturated heterocycles. The zero-order valence-electron chi connectivity index (χ0n) is 10.7. The van der Waals surface area contributed by atoms with Crippen LogP contribution in [0.5, 0.6) is 0 Å². The van der Waals surface area contributed by atoms with Crippen molar-refractivity contribution in [2.24, 2.45) is 17.6 Å². The molecular formula is C12H16ClN3O3S. The Kier molecular flexibility index (Phi) is 4.31. The van der Waals surface area contributed by atoms with Gasteiger partial charge in [-0.25, -0.2) is 0 Å². The van der Waals surface area contributed by atoms with Crippen LogP contribution in [0.2, 0.25) is 0 Å². The number of nitrogens with zero attached hydrogens (tertiary/aromatic N) is 2. The predicted molar refractivity (Wildman–Crippen MR) is 78.3 cm³/mol. The molecule has 3 rings (SSSR count). The first kappa shape index (κ1) is 15.2. The van der Waals surface area contributed by atoms with Crippen molar-refractivity contribution in [3.05, 3.63) is 27.1 Å². The molecular weight excluding hydrogens is 302 g/mol. The smallest absolute Gasteiger partial charge is 0.324 e. The van der Waals surface area contributed by atoms with Gasteiger partial charge in [-0.2, -0.15) is 0 Å². The lowest BCUT2D eigenvalue weighted by atomic mass is 9.98. The van der Waals surface area contributed by atoms with Crippen LogP contribution in [0.1, 0.15) is 22.5 Å². The molecule has 20 heavy (non-hydrogen) atoms. The molecule has 2 aliphatic rings. The molecule has 3 atom stereocenters. The van der Waals surface area contributed by atoms with Crippen LogP contribution in [-0.2, 0) is 0 Å². The van der Waals surface area contributed by atoms with Crippen molar-refractivity contribution in [2.75, 3.05) is 13.1 Å². The molecule has 2 fully saturated rings. The van der Waals surface area contributed by atoms with Gasteiger partial charge >= 0.3 is 5.00 Å². The van der Waals surface area contributed by atoms with Crippen LogP contribution >= 0.6 is 23.7 Å². The number of rotatable bonds is 2. The first-order valence-corrected chi connectivity index (χ1v) is 7.17. The van der Waals surface area contributed by atoms with E-state index in [-0.39, 0.29) is 29.4 Å². The Labute approximate surface area is 126 Å². The van der Waals surface area contributed by atoms with Crippen LogP contribution in [0, 0.1) is 22.0 Å². The first-order valence-electron chi connectivity index (χ1n) is 6.35. The Hall–Kier alpha value is -1.18. The second-order valence-corrected chi connectivity index (χ2v) is 6.33. The number of hydrogen-bond donors (Lipinski definition) is 1. The van der Waals surface area contributed by atoms with E-state index in [0.29, 0.717) is 23.3 Å². The molecule has 8 heteroatoms. The van der Waals surface area contributed by atoms with E-state index in [9.17, 15) is 14.9 Å². The summed E-state index contributed by atoms with van der Waals surface area (Å²) < 4.78 is 0. The van der Waals surface area contributed by atoms with Crippen molar-refractivity contribution in [2.45, 2.75) is 18.9 Å². The van der Waals surface area contributed by atoms with Crippen LogP contribution < -0.4 is 5.73 Å². The molecule has 6 nitrogen and oxygen atoms in total. The van der Waals surface area contributed by atoms with E-state index < -0.39 is 4.92 Å². The predicted octanol–water partition coefficient (Wildman–Crippen LogP) is 1.89. The van der Waals surface area contributed by atoms with Crippen molar-refractivity contribution in [3.63, 3.8) is 0 Å². The maximum atomic E-state index is 12.3. The van der Waals surface area contributed by atoms with Crippen LogP contribution in [0.25, 0.3) is 0 Å². The summed E-state index contributed by atoms with van der Waals surface area (Å²) in [6, 6.07) is 3.13. The Balaban J connectivity index is 0.00000147. The number of thiophene rings is 1. The topological polar surface area (TPSA) is 89.5 Å². The number of carbonyl (C=O) groups excluding carboxylic acids is 1. The Bertz CT molecular complexity index is 536. The fourth-order valence-electron chi connectivity index (χ4n) is 3.17. The highest BCUT2D eigenvalue weighted by atomic mass is 35.5. The molecule has 1 saturated carbocycles. The van der Waals surface area contributed by atoms with Gasteiger partial charge in [0.05, 0.1) is 9.80 Å². The fraction of sp³-hybridized carbons (Fsp3) is 0.583. The summed E-state index contributed by atoms with van der Waals surface area (Å²) in [4.78, 5) is 24.7. The Morgan fingerprint density at radius 2 is 2.15 bits per heavy atom. The summed E-state index contributed by atoms with van der Waals surface area (Å²) in [6.45, 7) is 1.43. The lowest BCUT2D eigenvalue weighted by Crippen LogP contribution is -2.33. The molecule has 0 bridgehead atoms. The third-order valence-electron chi connectivity index (χ3n) is 4.18. The largest absolute Gasteiger partial charge is 0.337 e. The average molecular weight is 318 g/mol. The highest BCUT2D eigenvalue weighted by Crippen LogP contribution is 2.38. The number of fused-ring (bicyclic) bond motifs is 1. The van der Waals surface area contributed by atoms with Crippen LogP contribution in [0.15, 0.2) is 12.1 Å². The van der Waals surface area contributed by atoms with Crippen molar-refractivity contribution < 1.29 is 9.72 Å². The third kappa shape index (κ3) is 2.53. The van der Waals surface area contributed by atoms with Gasteiger partial charge in [-0.05, 0) is 30.7 Å². The zero-order valence-corrected chi connectivity index (χ0v) is 12.4. The summed E-state index contributed by atoms with van der Waals surface area (Å²) >= 11 is 0.943. The minimum Gasteiger partial charge on any atom is -0.337 e. The summed E-state index contributed by atoms with van der Waals surface area (Å²) in [7, 11) is 0. The van der Waals surface area contributed by atoms with Crippen molar-refractivity contribution in [3.8, 4) is 0 Å². The molecule has 2 N–H and O–H groups in total. The van der Waals surface area contributed by atoms with Crippen molar-refractivity contribution >= 4 is 34.7 Å². The van der Waals surface area contributed by atoms with E-state index in [1.807, 2.05) is 0 Å². The molecule has 0 aromatic carbocycles. The van der Waals surface area contributed by atoms with Gasteiger partial charge < -0.3 is 10.6 Å². The number of hydrogen-bond acceptors (Lipinski definition) is 5. The van der Waals surface area contributed by atoms with Gasteiger partial charge in [-0.15, -0.1) is 12.4 Å². The quantitative estimate of drug-likeness (QED) is 0.666. The highest BCUT2D eigenvalue weighted by molar-refractivity contribution is 7.17. The maximum Gasteiger partial charge on any atom is 0.324 e. The standard InChI is InChI=1S/C12H15N3O3S.ClH/c13-9-2-1-7-5-14(6-8(7)9)12(16)10-3-4-11(19-10)15(17)18;/h3-4,7-9H,1-2,5-6,13H2;1H. The molecule has 0 spiro atoms. The second-order valence-electron chi connectivity index (χ2n) is 5.27. The van der Waals surface area contributed by atoms with E-state index in [0.717, 1.165) is 30.7 Å². The van der Waals surface area contributed by atoms with Gasteiger partial charge in [0.2, 0.25) is 0 Å². The number of nitrogens with two attached hydrogens (primary N) is 1. The van der Waals surface area contributed by atoms with E-state index in [1.54, 1.807) is 11.0 Å². The fourth-order valence-corrected chi connectivity index (χ4v) is 3.96. The lowest BCUT2D eigenvalue weighted by Gasteiger charge is -2.17. The van der Waals surface area contributed by atoms with Crippen LogP contribution in [-0.4, -0.2) is 34.9 Å². The number of halogens is 1. The van der Waals surface area contributed by atoms with Crippen molar-refractivity contribution in [1.82, 2.24) is 4.90 Å². The number of carbonyl (C=O) groups is 1. The normalized spacial score (nSPS) is 28.1. The number of nitro groups is 1. The van der Waals surface area contributed by atoms with Gasteiger partial charge in [0.15, 0.2) is 0 Å². The minimum atomic E-state index is -0.462. The molecule has 3 unspecified atom stereocenters. The summed E-state index contributed by atoms with van der Waals surface area (Å²) in [5.41, 5.74) is 6.04. The Morgan fingerprint density at radius 3 is 2.75 bits per heavy atom. The second kappa shape index (κ2) is 5.67. The van der Waals surface area contributed by atoms with E-state index in [2.05, 4.69) is 0 Å². The van der Waals surface area contributed by atoms with Gasteiger partial charge in [0.1, 0.15) is 0 Å². The molecule has 1 aromatic heterocycles. The number of likely N-dealkylation sites (tertiary alicyclic amines) is 1. The molecule has 110 valence electrons. The zero-order chi connectivity index (χ0) is 13.6. The first-order chi connectivity index (χ1) is 9.06. The third-order valence-corrected chi connectivity index (χ3v) is 5.21. The summed E-state index contributed by atoms with van der Waals surface area (Å²) in [6.07, 6.45) is 2.13. The molecule has 2 heterocycles. The van der Waals surface area contributed by atoms with Crippen LogP contribution in [0.3, 0.4) is 0 Å². The monoisotopic (exact) mass is 317 g/mol. The van der Waals surface area contributed by atoms with E-state index in [1.165, 1.54) is 6.07 Å². The van der Waals surface area contributed by atoms with Gasteiger partial charge in [0, 0.05) is 25.2 Å². The SMILES string of the molecule is Cl.NC1CCC2CN(C(=O)c3ccc([N+](=O)[O-])s3)CC12. The lowest BCUT2D eigenvalue weighted by molar-refractivity contribution is -0.380. The molecule has 0 radical (unpaired) electrons. The molecule has 1 aliphatic heterocycles. The van der Waals surface area contributed by atoms with Gasteiger partial charge in [-0.3, -0.25) is 14.9 Å². The summed E-state index contributed by atoms with van der Waals surface area (Å²) in [5.74, 6) is 0.812. The van der Waals surface area contributed by atoms with Gasteiger partial charge in [-0.1, -0.05) is 11.3 Å². The van der Waals surface area contributed by atoms with E-state index in [4.69, 9.17) is 5.73 Å². The number of amides is 1. The Morgan fingerprint density at radius 1 is 1.40 bits per heavy atom. The maximum absolute atomic E-state index is 12.3. The average Bonchev–Trinajstić information content (AvgIpc) is 3.05.